The molecule has 0 saturated heterocycles. The second-order valence-corrected chi connectivity index (χ2v) is 5.03. The molecule has 1 aromatic heterocycles. The lowest BCUT2D eigenvalue weighted by Crippen LogP contribution is -2.12. The lowest BCUT2D eigenvalue weighted by Gasteiger charge is -1.98. The molecule has 0 bridgehead atoms. The number of hydrogen-bond acceptors (Lipinski definition) is 4. The molecule has 0 aliphatic rings. The van der Waals surface area contributed by atoms with Crippen molar-refractivity contribution in [2.45, 2.75) is 4.90 Å². The third-order valence-corrected chi connectivity index (χ3v) is 4.07. The summed E-state index contributed by atoms with van der Waals surface area (Å²) in [4.78, 5) is 3.67. The monoisotopic (exact) mass is 309 g/mol. The number of pyridine rings is 1. The van der Waals surface area contributed by atoms with Crippen molar-refractivity contribution in [1.29, 1.82) is 5.26 Å². The predicted molar refractivity (Wildman–Crippen MR) is 53.3 cm³/mol. The van der Waals surface area contributed by atoms with Crippen molar-refractivity contribution in [3.8, 4) is 6.07 Å². The molecule has 1 N–H and O–H groups in total. The predicted octanol–water partition coefficient (Wildman–Crippen LogP) is 0.582. The standard InChI is InChI=1S/C6H4IN3O2S/c7-10-13(11,12)6-2-1-5(3-8)9-4-6/h1-2,4,10H. The number of nitriles is 1. The van der Waals surface area contributed by atoms with Crippen molar-refractivity contribution in [3.05, 3.63) is 24.0 Å². The zero-order chi connectivity index (χ0) is 9.90. The van der Waals surface area contributed by atoms with Crippen LogP contribution >= 0.6 is 22.9 Å². The molecule has 68 valence electrons. The number of nitrogens with one attached hydrogen (secondary N) is 1. The largest absolute Gasteiger partial charge is 0.250 e. The zero-order valence-electron chi connectivity index (χ0n) is 6.23. The van der Waals surface area contributed by atoms with Gasteiger partial charge in [-0.25, -0.2) is 13.4 Å². The highest BCUT2D eigenvalue weighted by atomic mass is 127. The lowest BCUT2D eigenvalue weighted by atomic mass is 10.4. The molecule has 0 unspecified atom stereocenters. The first-order chi connectivity index (χ1) is 6.10. The van der Waals surface area contributed by atoms with Crippen molar-refractivity contribution in [2.24, 2.45) is 0 Å². The van der Waals surface area contributed by atoms with Crippen LogP contribution in [0.2, 0.25) is 0 Å². The molecule has 1 heterocycles. The molecule has 0 radical (unpaired) electrons. The highest BCUT2D eigenvalue weighted by Gasteiger charge is 2.11. The van der Waals surface area contributed by atoms with Crippen molar-refractivity contribution in [2.75, 3.05) is 0 Å². The Hall–Kier alpha value is -0.720. The fraction of sp³-hybridized carbons (Fsp3) is 0. The molecule has 0 saturated carbocycles. The zero-order valence-corrected chi connectivity index (χ0v) is 9.20. The first kappa shape index (κ1) is 10.4. The lowest BCUT2D eigenvalue weighted by molar-refractivity contribution is 0.595. The summed E-state index contributed by atoms with van der Waals surface area (Å²) in [6, 6.07) is 4.47. The molecular weight excluding hydrogens is 305 g/mol. The topological polar surface area (TPSA) is 82.8 Å². The van der Waals surface area contributed by atoms with E-state index in [-0.39, 0.29) is 10.6 Å². The summed E-state index contributed by atoms with van der Waals surface area (Å²) in [5.74, 6) is 0. The Kier molecular flexibility index (Phi) is 3.18. The molecule has 0 amide bonds. The number of rotatable bonds is 2. The highest BCUT2D eigenvalue weighted by molar-refractivity contribution is 14.1. The SMILES string of the molecule is N#Cc1ccc(S(=O)(=O)NI)cn1. The van der Waals surface area contributed by atoms with E-state index in [4.69, 9.17) is 5.26 Å². The van der Waals surface area contributed by atoms with Crippen LogP contribution in [0.4, 0.5) is 0 Å². The summed E-state index contributed by atoms with van der Waals surface area (Å²) in [6.45, 7) is 0. The fourth-order valence-electron chi connectivity index (χ4n) is 0.650. The summed E-state index contributed by atoms with van der Waals surface area (Å²) >= 11 is 1.52. The van der Waals surface area contributed by atoms with E-state index in [2.05, 4.69) is 7.92 Å². The van der Waals surface area contributed by atoms with Crippen LogP contribution in [-0.2, 0) is 10.0 Å². The minimum absolute atomic E-state index is 0.0425. The van der Waals surface area contributed by atoms with Crippen LogP contribution in [-0.4, -0.2) is 13.4 Å². The Bertz CT molecular complexity index is 434. The van der Waals surface area contributed by atoms with Crippen LogP contribution in [0.25, 0.3) is 0 Å². The van der Waals surface area contributed by atoms with E-state index in [1.165, 1.54) is 35.0 Å². The molecule has 5 nitrogen and oxygen atoms in total. The van der Waals surface area contributed by atoms with Crippen molar-refractivity contribution in [1.82, 2.24) is 7.92 Å². The van der Waals surface area contributed by atoms with Gasteiger partial charge in [0.1, 0.15) is 16.7 Å². The van der Waals surface area contributed by atoms with Crippen LogP contribution < -0.4 is 2.94 Å². The number of halogens is 1. The molecule has 1 rings (SSSR count). The maximum atomic E-state index is 11.2. The van der Waals surface area contributed by atoms with Gasteiger partial charge in [0.25, 0.3) is 10.0 Å². The number of nitrogens with zero attached hydrogens (tertiary/aromatic N) is 2. The van der Waals surface area contributed by atoms with Gasteiger partial charge in [0.15, 0.2) is 0 Å². The van der Waals surface area contributed by atoms with Crippen LogP contribution in [0.3, 0.4) is 0 Å². The van der Waals surface area contributed by atoms with E-state index in [9.17, 15) is 8.42 Å². The molecule has 13 heavy (non-hydrogen) atoms. The van der Waals surface area contributed by atoms with Crippen LogP contribution in [0, 0.1) is 11.3 Å². The average molecular weight is 309 g/mol. The van der Waals surface area contributed by atoms with Gasteiger partial charge in [-0.3, -0.25) is 0 Å². The molecule has 0 spiro atoms. The maximum absolute atomic E-state index is 11.2. The Labute approximate surface area is 89.3 Å². The van der Waals surface area contributed by atoms with Gasteiger partial charge in [-0.1, -0.05) is 0 Å². The molecule has 7 heteroatoms. The second kappa shape index (κ2) is 3.99. The van der Waals surface area contributed by atoms with Gasteiger partial charge in [-0.15, -0.1) is 0 Å². The van der Waals surface area contributed by atoms with E-state index < -0.39 is 10.0 Å². The summed E-state index contributed by atoms with van der Waals surface area (Å²) in [7, 11) is -3.46. The molecular formula is C6H4IN3O2S. The molecule has 0 atom stereocenters. The molecule has 0 aromatic carbocycles. The second-order valence-electron chi connectivity index (χ2n) is 2.07. The summed E-state index contributed by atoms with van der Waals surface area (Å²) in [6.07, 6.45) is 1.14. The van der Waals surface area contributed by atoms with E-state index >= 15 is 0 Å². The maximum Gasteiger partial charge on any atom is 0.250 e. The van der Waals surface area contributed by atoms with Crippen LogP contribution in [0.5, 0.6) is 0 Å². The first-order valence-electron chi connectivity index (χ1n) is 3.09. The van der Waals surface area contributed by atoms with Gasteiger partial charge in [0.2, 0.25) is 0 Å². The third-order valence-electron chi connectivity index (χ3n) is 1.26. The Morgan fingerprint density at radius 3 is 2.62 bits per heavy atom. The van der Waals surface area contributed by atoms with Crippen molar-refractivity contribution < 1.29 is 8.42 Å². The van der Waals surface area contributed by atoms with Crippen LogP contribution in [0.15, 0.2) is 23.2 Å². The Balaban J connectivity index is 3.15. The first-order valence-corrected chi connectivity index (χ1v) is 5.65. The number of aromatic nitrogens is 1. The minimum Gasteiger partial charge on any atom is -0.244 e. The number of hydrogen-bond donors (Lipinski definition) is 1. The summed E-state index contributed by atoms with van der Waals surface area (Å²) in [5.41, 5.74) is 0.187. The normalized spacial score (nSPS) is 10.8. The molecule has 1 aromatic rings. The van der Waals surface area contributed by atoms with E-state index in [0.29, 0.717) is 0 Å². The van der Waals surface area contributed by atoms with Gasteiger partial charge in [0.05, 0.1) is 0 Å². The van der Waals surface area contributed by atoms with Crippen molar-refractivity contribution in [3.63, 3.8) is 0 Å². The average Bonchev–Trinajstić information content (AvgIpc) is 2.18. The van der Waals surface area contributed by atoms with Gasteiger partial charge in [0, 0.05) is 29.1 Å². The van der Waals surface area contributed by atoms with E-state index in [0.717, 1.165) is 6.20 Å². The third kappa shape index (κ3) is 2.36. The quantitative estimate of drug-likeness (QED) is 0.640. The summed E-state index contributed by atoms with van der Waals surface area (Å²) < 4.78 is 24.4. The molecule has 0 fully saturated rings. The van der Waals surface area contributed by atoms with E-state index in [1.807, 2.05) is 0 Å². The fourth-order valence-corrected chi connectivity index (χ4v) is 1.94. The smallest absolute Gasteiger partial charge is 0.244 e. The summed E-state index contributed by atoms with van der Waals surface area (Å²) in [5, 5.41) is 8.41. The van der Waals surface area contributed by atoms with E-state index in [1.54, 1.807) is 6.07 Å². The minimum atomic E-state index is -3.46. The van der Waals surface area contributed by atoms with Crippen LogP contribution in [0.1, 0.15) is 5.69 Å². The molecule has 0 aliphatic carbocycles. The van der Waals surface area contributed by atoms with Crippen molar-refractivity contribution >= 4 is 32.9 Å². The van der Waals surface area contributed by atoms with Gasteiger partial charge >= 0.3 is 0 Å². The Morgan fingerprint density at radius 1 is 1.54 bits per heavy atom. The Morgan fingerprint density at radius 2 is 2.23 bits per heavy atom. The van der Waals surface area contributed by atoms with Gasteiger partial charge < -0.3 is 0 Å². The van der Waals surface area contributed by atoms with Gasteiger partial charge in [-0.05, 0) is 12.1 Å². The highest BCUT2D eigenvalue weighted by Crippen LogP contribution is 2.07. The molecule has 0 aliphatic heterocycles. The van der Waals surface area contributed by atoms with Gasteiger partial charge in [-0.2, -0.15) is 8.20 Å². The number of sulfonamides is 1.